The monoisotopic (exact) mass is 468 g/mol. The number of carbonyl (C=O) groups excluding carboxylic acids is 1. The number of alkyl halides is 2. The number of carbonyl (C=O) groups is 1. The summed E-state index contributed by atoms with van der Waals surface area (Å²) in [5, 5.41) is 2.56. The van der Waals surface area contributed by atoms with Crippen LogP contribution in [0.25, 0.3) is 6.08 Å². The maximum Gasteiger partial charge on any atom is 0.387 e. The summed E-state index contributed by atoms with van der Waals surface area (Å²) < 4.78 is 67.0. The minimum absolute atomic E-state index is 0.00448. The number of hydrogen-bond donors (Lipinski definition) is 1. The van der Waals surface area contributed by atoms with Gasteiger partial charge in [0.2, 0.25) is 15.9 Å². The molecule has 1 saturated heterocycles. The zero-order chi connectivity index (χ0) is 23.1. The second-order valence-corrected chi connectivity index (χ2v) is 8.56. The van der Waals surface area contributed by atoms with Gasteiger partial charge in [0, 0.05) is 24.7 Å². The van der Waals surface area contributed by atoms with Gasteiger partial charge in [0.25, 0.3) is 0 Å². The van der Waals surface area contributed by atoms with Gasteiger partial charge in [0.15, 0.2) is 0 Å². The van der Waals surface area contributed by atoms with Crippen LogP contribution in [0.15, 0.2) is 53.4 Å². The van der Waals surface area contributed by atoms with Crippen molar-refractivity contribution in [2.75, 3.05) is 38.7 Å². The van der Waals surface area contributed by atoms with E-state index in [-0.39, 0.29) is 40.7 Å². The van der Waals surface area contributed by atoms with E-state index in [2.05, 4.69) is 10.1 Å². The molecule has 0 atom stereocenters. The SMILES string of the molecule is COc1ccc(S(=O)(=O)N2CCOCC2)cc1NC(=O)/C=C\c1ccccc1OC(F)F. The average Bonchev–Trinajstić information content (AvgIpc) is 2.78. The van der Waals surface area contributed by atoms with Crippen LogP contribution < -0.4 is 14.8 Å². The molecule has 1 fully saturated rings. The minimum Gasteiger partial charge on any atom is -0.495 e. The van der Waals surface area contributed by atoms with Crippen molar-refractivity contribution in [3.05, 3.63) is 54.1 Å². The van der Waals surface area contributed by atoms with Crippen molar-refractivity contribution in [1.82, 2.24) is 4.31 Å². The number of halogens is 2. The lowest BCUT2D eigenvalue weighted by molar-refractivity contribution is -0.111. The van der Waals surface area contributed by atoms with Crippen LogP contribution >= 0.6 is 0 Å². The van der Waals surface area contributed by atoms with Crippen molar-refractivity contribution < 1.29 is 36.2 Å². The summed E-state index contributed by atoms with van der Waals surface area (Å²) in [6.45, 7) is -1.92. The third-order valence-corrected chi connectivity index (χ3v) is 6.48. The Morgan fingerprint density at radius 2 is 1.88 bits per heavy atom. The van der Waals surface area contributed by atoms with Gasteiger partial charge in [0.1, 0.15) is 11.5 Å². The number of methoxy groups -OCH3 is 1. The summed E-state index contributed by atoms with van der Waals surface area (Å²) >= 11 is 0. The summed E-state index contributed by atoms with van der Waals surface area (Å²) in [6, 6.07) is 10.2. The van der Waals surface area contributed by atoms with Gasteiger partial charge in [-0.05, 0) is 30.3 Å². The highest BCUT2D eigenvalue weighted by Crippen LogP contribution is 2.29. The number of nitrogens with one attached hydrogen (secondary N) is 1. The first kappa shape index (κ1) is 23.6. The fraction of sp³-hybridized carbons (Fsp3) is 0.286. The maximum atomic E-state index is 12.9. The Hall–Kier alpha value is -3.02. The molecule has 0 aromatic heterocycles. The summed E-state index contributed by atoms with van der Waals surface area (Å²) in [7, 11) is -2.39. The first-order valence-electron chi connectivity index (χ1n) is 9.60. The van der Waals surface area contributed by atoms with Gasteiger partial charge >= 0.3 is 6.61 Å². The van der Waals surface area contributed by atoms with Crippen LogP contribution in [0, 0.1) is 0 Å². The highest BCUT2D eigenvalue weighted by Gasteiger charge is 2.27. The van der Waals surface area contributed by atoms with E-state index < -0.39 is 22.5 Å². The van der Waals surface area contributed by atoms with Gasteiger partial charge in [-0.1, -0.05) is 18.2 Å². The molecule has 0 unspecified atom stereocenters. The quantitative estimate of drug-likeness (QED) is 0.599. The molecule has 0 saturated carbocycles. The summed E-state index contributed by atoms with van der Waals surface area (Å²) in [4.78, 5) is 12.4. The number of para-hydroxylation sites is 1. The van der Waals surface area contributed by atoms with Gasteiger partial charge in [-0.25, -0.2) is 8.42 Å². The molecule has 0 aliphatic carbocycles. The molecule has 32 heavy (non-hydrogen) atoms. The number of sulfonamides is 1. The third-order valence-electron chi connectivity index (χ3n) is 4.59. The molecular formula is C21H22F2N2O6S. The third kappa shape index (κ3) is 5.81. The fourth-order valence-corrected chi connectivity index (χ4v) is 4.48. The first-order chi connectivity index (χ1) is 15.3. The molecule has 8 nitrogen and oxygen atoms in total. The van der Waals surface area contributed by atoms with E-state index in [4.69, 9.17) is 9.47 Å². The van der Waals surface area contributed by atoms with E-state index in [1.165, 1.54) is 53.9 Å². The molecule has 0 spiro atoms. The van der Waals surface area contributed by atoms with Gasteiger partial charge in [-0.3, -0.25) is 4.79 Å². The first-order valence-corrected chi connectivity index (χ1v) is 11.0. The number of hydrogen-bond acceptors (Lipinski definition) is 6. The van der Waals surface area contributed by atoms with Gasteiger partial charge in [-0.15, -0.1) is 0 Å². The highest BCUT2D eigenvalue weighted by atomic mass is 32.2. The Morgan fingerprint density at radius 1 is 1.16 bits per heavy atom. The molecule has 2 aromatic carbocycles. The number of amides is 1. The molecule has 11 heteroatoms. The summed E-state index contributed by atoms with van der Waals surface area (Å²) in [5.41, 5.74) is 0.423. The molecule has 172 valence electrons. The highest BCUT2D eigenvalue weighted by molar-refractivity contribution is 7.89. The second kappa shape index (κ2) is 10.5. The lowest BCUT2D eigenvalue weighted by atomic mass is 10.2. The topological polar surface area (TPSA) is 94.2 Å². The van der Waals surface area contributed by atoms with Crippen molar-refractivity contribution in [3.63, 3.8) is 0 Å². The zero-order valence-electron chi connectivity index (χ0n) is 17.2. The molecule has 1 aliphatic rings. The van der Waals surface area contributed by atoms with Gasteiger partial charge in [0.05, 0.1) is 30.9 Å². The predicted octanol–water partition coefficient (Wildman–Crippen LogP) is 2.97. The van der Waals surface area contributed by atoms with Crippen LogP contribution in [0.1, 0.15) is 5.56 Å². The number of ether oxygens (including phenoxy) is 3. The normalized spacial score (nSPS) is 15.1. The Labute approximate surface area is 184 Å². The van der Waals surface area contributed by atoms with Crippen molar-refractivity contribution in [3.8, 4) is 11.5 Å². The van der Waals surface area contributed by atoms with Crippen LogP contribution in [0.4, 0.5) is 14.5 Å². The molecule has 1 N–H and O–H groups in total. The van der Waals surface area contributed by atoms with Crippen molar-refractivity contribution in [2.24, 2.45) is 0 Å². The molecule has 1 heterocycles. The maximum absolute atomic E-state index is 12.9. The second-order valence-electron chi connectivity index (χ2n) is 6.62. The van der Waals surface area contributed by atoms with Crippen LogP contribution in [0.2, 0.25) is 0 Å². The van der Waals surface area contributed by atoms with Gasteiger partial charge in [-0.2, -0.15) is 13.1 Å². The van der Waals surface area contributed by atoms with E-state index in [1.54, 1.807) is 6.07 Å². The summed E-state index contributed by atoms with van der Waals surface area (Å²) in [6.07, 6.45) is 2.43. The number of nitrogens with zero attached hydrogens (tertiary/aromatic N) is 1. The standard InChI is InChI=1S/C21H22F2N2O6S/c1-29-19-8-7-16(32(27,28)25-10-12-30-13-11-25)14-17(19)24-20(26)9-6-15-4-2-3-5-18(15)31-21(22)23/h2-9,14,21H,10-13H2,1H3,(H,24,26)/b9-6-. The Kier molecular flexibility index (Phi) is 7.78. The van der Waals surface area contributed by atoms with E-state index >= 15 is 0 Å². The predicted molar refractivity (Wildman–Crippen MR) is 113 cm³/mol. The van der Waals surface area contributed by atoms with Gasteiger partial charge < -0.3 is 19.5 Å². The fourth-order valence-electron chi connectivity index (χ4n) is 3.04. The van der Waals surface area contributed by atoms with Crippen LogP contribution in [0.3, 0.4) is 0 Å². The summed E-state index contributed by atoms with van der Waals surface area (Å²) in [5.74, 6) is -0.437. The van der Waals surface area contributed by atoms with Crippen molar-refractivity contribution in [2.45, 2.75) is 11.5 Å². The van der Waals surface area contributed by atoms with E-state index in [0.29, 0.717) is 13.2 Å². The molecule has 3 rings (SSSR count). The largest absolute Gasteiger partial charge is 0.495 e. The lowest BCUT2D eigenvalue weighted by Crippen LogP contribution is -2.40. The number of anilines is 1. The smallest absolute Gasteiger partial charge is 0.387 e. The number of morpholine rings is 1. The molecule has 1 aliphatic heterocycles. The number of rotatable bonds is 8. The zero-order valence-corrected chi connectivity index (χ0v) is 18.0. The molecule has 0 radical (unpaired) electrons. The Morgan fingerprint density at radius 3 is 2.56 bits per heavy atom. The average molecular weight is 468 g/mol. The van der Waals surface area contributed by atoms with E-state index in [9.17, 15) is 22.0 Å². The molecule has 0 bridgehead atoms. The Bertz CT molecular complexity index is 1090. The molecule has 1 amide bonds. The van der Waals surface area contributed by atoms with Crippen LogP contribution in [-0.2, 0) is 19.6 Å². The molecular weight excluding hydrogens is 446 g/mol. The van der Waals surface area contributed by atoms with E-state index in [0.717, 1.165) is 6.08 Å². The molecule has 2 aromatic rings. The minimum atomic E-state index is -3.78. The van der Waals surface area contributed by atoms with Crippen molar-refractivity contribution >= 4 is 27.7 Å². The van der Waals surface area contributed by atoms with Crippen LogP contribution in [0.5, 0.6) is 11.5 Å². The van der Waals surface area contributed by atoms with Crippen molar-refractivity contribution in [1.29, 1.82) is 0 Å². The van der Waals surface area contributed by atoms with Crippen LogP contribution in [-0.4, -0.2) is 58.7 Å². The Balaban J connectivity index is 1.80. The number of benzene rings is 2. The van der Waals surface area contributed by atoms with E-state index in [1.807, 2.05) is 0 Å². The lowest BCUT2D eigenvalue weighted by Gasteiger charge is -2.26.